The van der Waals surface area contributed by atoms with E-state index in [9.17, 15) is 9.59 Å². The van der Waals surface area contributed by atoms with Crippen LogP contribution in [0.15, 0.2) is 0 Å². The van der Waals surface area contributed by atoms with Crippen molar-refractivity contribution in [1.82, 2.24) is 5.32 Å². The minimum absolute atomic E-state index is 0.0889. The van der Waals surface area contributed by atoms with Gasteiger partial charge in [-0.15, -0.1) is 0 Å². The van der Waals surface area contributed by atoms with Gasteiger partial charge in [-0.05, 0) is 25.1 Å². The molecule has 0 saturated heterocycles. The monoisotopic (exact) mass is 303 g/mol. The summed E-state index contributed by atoms with van der Waals surface area (Å²) in [6.45, 7) is 15.8. The highest BCUT2D eigenvalue weighted by atomic mass is 28.4. The first-order valence-electron chi connectivity index (χ1n) is 6.85. The molecule has 0 saturated carbocycles. The average molecular weight is 303 g/mol. The highest BCUT2D eigenvalue weighted by molar-refractivity contribution is 6.74. The summed E-state index contributed by atoms with van der Waals surface area (Å²) >= 11 is 0. The number of amides is 1. The van der Waals surface area contributed by atoms with Crippen molar-refractivity contribution in [2.24, 2.45) is 0 Å². The van der Waals surface area contributed by atoms with Gasteiger partial charge in [0.1, 0.15) is 6.61 Å². The third-order valence-corrected chi connectivity index (χ3v) is 8.11. The Balaban J connectivity index is 4.82. The van der Waals surface area contributed by atoms with E-state index in [1.54, 1.807) is 0 Å². The van der Waals surface area contributed by atoms with Crippen LogP contribution in [0.2, 0.25) is 18.1 Å². The molecule has 1 N–H and O–H groups in total. The Labute approximate surface area is 123 Å². The van der Waals surface area contributed by atoms with Crippen molar-refractivity contribution in [2.45, 2.75) is 65.2 Å². The summed E-state index contributed by atoms with van der Waals surface area (Å²) in [4.78, 5) is 22.3. The Morgan fingerprint density at radius 3 is 1.90 bits per heavy atom. The van der Waals surface area contributed by atoms with E-state index >= 15 is 0 Å². The smallest absolute Gasteiger partial charge is 0.302 e. The number of rotatable bonds is 6. The number of esters is 1. The lowest BCUT2D eigenvalue weighted by atomic mass is 10.1. The molecule has 0 heterocycles. The summed E-state index contributed by atoms with van der Waals surface area (Å²) in [5, 5.41) is 2.91. The zero-order valence-corrected chi connectivity index (χ0v) is 15.0. The highest BCUT2D eigenvalue weighted by Crippen LogP contribution is 2.36. The van der Waals surface area contributed by atoms with Crippen LogP contribution in [0.3, 0.4) is 0 Å². The minimum Gasteiger partial charge on any atom is -0.463 e. The molecule has 0 aromatic rings. The molecule has 0 spiro atoms. The van der Waals surface area contributed by atoms with Gasteiger partial charge < -0.3 is 14.5 Å². The van der Waals surface area contributed by atoms with Crippen LogP contribution in [-0.4, -0.2) is 38.9 Å². The van der Waals surface area contributed by atoms with Crippen LogP contribution < -0.4 is 5.32 Å². The SMILES string of the molecule is CC(=O)NC(C)(COC(C)=O)CO[Si](C)(C)C(C)(C)C. The molecule has 0 aliphatic carbocycles. The third kappa shape index (κ3) is 6.52. The van der Waals surface area contributed by atoms with Gasteiger partial charge in [0.15, 0.2) is 8.32 Å². The Morgan fingerprint density at radius 2 is 1.55 bits per heavy atom. The van der Waals surface area contributed by atoms with Crippen molar-refractivity contribution >= 4 is 20.2 Å². The van der Waals surface area contributed by atoms with Gasteiger partial charge in [-0.3, -0.25) is 9.59 Å². The van der Waals surface area contributed by atoms with E-state index in [-0.39, 0.29) is 23.5 Å². The van der Waals surface area contributed by atoms with E-state index < -0.39 is 13.9 Å². The molecule has 0 radical (unpaired) electrons. The van der Waals surface area contributed by atoms with Crippen molar-refractivity contribution in [3.63, 3.8) is 0 Å². The fourth-order valence-electron chi connectivity index (χ4n) is 1.36. The Hall–Kier alpha value is -0.883. The van der Waals surface area contributed by atoms with Crippen LogP contribution in [-0.2, 0) is 18.8 Å². The maximum absolute atomic E-state index is 11.3. The van der Waals surface area contributed by atoms with Crippen molar-refractivity contribution in [2.75, 3.05) is 13.2 Å². The molecule has 118 valence electrons. The average Bonchev–Trinajstić information content (AvgIpc) is 2.22. The van der Waals surface area contributed by atoms with Gasteiger partial charge in [0.25, 0.3) is 0 Å². The van der Waals surface area contributed by atoms with E-state index in [2.05, 4.69) is 39.2 Å². The predicted octanol–water partition coefficient (Wildman–Crippen LogP) is 2.47. The van der Waals surface area contributed by atoms with E-state index in [4.69, 9.17) is 9.16 Å². The van der Waals surface area contributed by atoms with Gasteiger partial charge in [-0.1, -0.05) is 20.8 Å². The second-order valence-corrected chi connectivity index (χ2v) is 11.9. The molecule has 0 aromatic heterocycles. The van der Waals surface area contributed by atoms with E-state index in [1.807, 2.05) is 6.92 Å². The van der Waals surface area contributed by atoms with Crippen LogP contribution in [0, 0.1) is 0 Å². The predicted molar refractivity (Wildman–Crippen MR) is 82.0 cm³/mol. The molecule has 1 atom stereocenters. The molecular formula is C14H29NO4Si. The van der Waals surface area contributed by atoms with Crippen LogP contribution >= 0.6 is 0 Å². The first-order chi connectivity index (χ1) is 8.79. The molecule has 20 heavy (non-hydrogen) atoms. The molecular weight excluding hydrogens is 274 g/mol. The molecule has 1 unspecified atom stereocenters. The lowest BCUT2D eigenvalue weighted by Gasteiger charge is -2.40. The standard InChI is InChI=1S/C14H29NO4Si/c1-11(16)15-14(6,9-18-12(2)17)10-19-20(7,8)13(3,4)5/h9-10H2,1-8H3,(H,15,16). The quantitative estimate of drug-likeness (QED) is 0.605. The number of ether oxygens (including phenoxy) is 1. The zero-order valence-electron chi connectivity index (χ0n) is 14.0. The molecule has 5 nitrogen and oxygen atoms in total. The van der Waals surface area contributed by atoms with Crippen molar-refractivity contribution in [3.05, 3.63) is 0 Å². The first-order valence-corrected chi connectivity index (χ1v) is 9.76. The topological polar surface area (TPSA) is 64.6 Å². The molecule has 1 amide bonds. The third-order valence-electron chi connectivity index (χ3n) is 3.63. The van der Waals surface area contributed by atoms with Crippen molar-refractivity contribution in [3.8, 4) is 0 Å². The largest absolute Gasteiger partial charge is 0.463 e. The summed E-state index contributed by atoms with van der Waals surface area (Å²) in [5.74, 6) is -0.535. The fourth-order valence-corrected chi connectivity index (χ4v) is 2.47. The van der Waals surface area contributed by atoms with Gasteiger partial charge in [0.05, 0.1) is 12.1 Å². The number of carbonyl (C=O) groups excluding carboxylic acids is 2. The zero-order chi connectivity index (χ0) is 16.2. The van der Waals surface area contributed by atoms with Crippen molar-refractivity contribution < 1.29 is 18.8 Å². The first kappa shape index (κ1) is 19.1. The number of hydrogen-bond acceptors (Lipinski definition) is 4. The van der Waals surface area contributed by atoms with Crippen LogP contribution in [0.1, 0.15) is 41.5 Å². The lowest BCUT2D eigenvalue weighted by Crippen LogP contribution is -2.55. The van der Waals surface area contributed by atoms with Gasteiger partial charge >= 0.3 is 5.97 Å². The summed E-state index contributed by atoms with van der Waals surface area (Å²) in [7, 11) is -1.91. The number of hydrogen-bond donors (Lipinski definition) is 1. The summed E-state index contributed by atoms with van der Waals surface area (Å²) < 4.78 is 11.2. The maximum atomic E-state index is 11.3. The maximum Gasteiger partial charge on any atom is 0.302 e. The second-order valence-electron chi connectivity index (χ2n) is 7.07. The molecule has 0 aliphatic heterocycles. The summed E-state index contributed by atoms with van der Waals surface area (Å²) in [6, 6.07) is 0. The molecule has 0 rings (SSSR count). The molecule has 0 fully saturated rings. The second kappa shape index (κ2) is 6.71. The lowest BCUT2D eigenvalue weighted by molar-refractivity contribution is -0.144. The van der Waals surface area contributed by atoms with Crippen LogP contribution in [0.25, 0.3) is 0 Å². The van der Waals surface area contributed by atoms with Crippen molar-refractivity contribution in [1.29, 1.82) is 0 Å². The van der Waals surface area contributed by atoms with E-state index in [0.717, 1.165) is 0 Å². The summed E-state index contributed by atoms with van der Waals surface area (Å²) in [6.07, 6.45) is 0. The van der Waals surface area contributed by atoms with Crippen LogP contribution in [0.4, 0.5) is 0 Å². The Kier molecular flexibility index (Phi) is 6.42. The molecule has 0 aromatic carbocycles. The fraction of sp³-hybridized carbons (Fsp3) is 0.857. The van der Waals surface area contributed by atoms with E-state index in [0.29, 0.717) is 6.61 Å². The number of carbonyl (C=O) groups is 2. The number of nitrogens with one attached hydrogen (secondary N) is 1. The van der Waals surface area contributed by atoms with Gasteiger partial charge in [0.2, 0.25) is 5.91 Å². The Bertz CT molecular complexity index is 363. The van der Waals surface area contributed by atoms with Gasteiger partial charge in [-0.25, -0.2) is 0 Å². The molecule has 0 aliphatic rings. The molecule has 0 bridgehead atoms. The van der Waals surface area contributed by atoms with Gasteiger partial charge in [-0.2, -0.15) is 0 Å². The van der Waals surface area contributed by atoms with Gasteiger partial charge in [0, 0.05) is 13.8 Å². The normalized spacial score (nSPS) is 15.4. The van der Waals surface area contributed by atoms with Crippen LogP contribution in [0.5, 0.6) is 0 Å². The summed E-state index contributed by atoms with van der Waals surface area (Å²) in [5.41, 5.74) is -0.701. The highest BCUT2D eigenvalue weighted by Gasteiger charge is 2.39. The van der Waals surface area contributed by atoms with E-state index in [1.165, 1.54) is 13.8 Å². The molecule has 6 heteroatoms. The Morgan fingerprint density at radius 1 is 1.05 bits per heavy atom. The minimum atomic E-state index is -1.91.